The van der Waals surface area contributed by atoms with Crippen molar-refractivity contribution in [1.82, 2.24) is 10.4 Å². The average molecular weight is 128 g/mol. The van der Waals surface area contributed by atoms with Gasteiger partial charge in [-0.05, 0) is 6.92 Å². The van der Waals surface area contributed by atoms with E-state index in [1.807, 2.05) is 18.9 Å². The standard InChI is InChI=1S/C6H12N2O/c1-3-8-5(2)4-6(9)7-8/h5H,3-4H2,1-2H3,(H,7,9)/t5-/m0/s1. The summed E-state index contributed by atoms with van der Waals surface area (Å²) in [5.74, 6) is 0.143. The van der Waals surface area contributed by atoms with E-state index in [0.29, 0.717) is 12.5 Å². The summed E-state index contributed by atoms with van der Waals surface area (Å²) in [5.41, 5.74) is 2.75. The highest BCUT2D eigenvalue weighted by molar-refractivity contribution is 5.77. The molecule has 0 aromatic carbocycles. The zero-order chi connectivity index (χ0) is 6.85. The van der Waals surface area contributed by atoms with Crippen molar-refractivity contribution < 1.29 is 4.79 Å². The van der Waals surface area contributed by atoms with E-state index < -0.39 is 0 Å². The zero-order valence-corrected chi connectivity index (χ0v) is 5.85. The Kier molecular flexibility index (Phi) is 1.71. The van der Waals surface area contributed by atoms with Crippen LogP contribution in [-0.2, 0) is 4.79 Å². The summed E-state index contributed by atoms with van der Waals surface area (Å²) < 4.78 is 0. The summed E-state index contributed by atoms with van der Waals surface area (Å²) >= 11 is 0. The first-order chi connectivity index (χ1) is 4.24. The van der Waals surface area contributed by atoms with E-state index in [-0.39, 0.29) is 5.91 Å². The molecule has 0 saturated carbocycles. The predicted molar refractivity (Wildman–Crippen MR) is 34.6 cm³/mol. The number of amides is 1. The first-order valence-electron chi connectivity index (χ1n) is 3.30. The Bertz CT molecular complexity index is 124. The molecular formula is C6H12N2O. The number of hydrogen-bond donors (Lipinski definition) is 1. The Morgan fingerprint density at radius 1 is 1.89 bits per heavy atom. The molecule has 0 aromatic rings. The minimum Gasteiger partial charge on any atom is -0.289 e. The van der Waals surface area contributed by atoms with Crippen molar-refractivity contribution in [2.75, 3.05) is 6.54 Å². The maximum absolute atomic E-state index is 10.7. The molecule has 3 nitrogen and oxygen atoms in total. The summed E-state index contributed by atoms with van der Waals surface area (Å²) in [7, 11) is 0. The van der Waals surface area contributed by atoms with Gasteiger partial charge in [-0.15, -0.1) is 0 Å². The lowest BCUT2D eigenvalue weighted by Crippen LogP contribution is -2.36. The molecule has 1 aliphatic heterocycles. The monoisotopic (exact) mass is 128 g/mol. The van der Waals surface area contributed by atoms with E-state index in [0.717, 1.165) is 6.54 Å². The molecule has 3 heteroatoms. The Morgan fingerprint density at radius 2 is 2.56 bits per heavy atom. The van der Waals surface area contributed by atoms with E-state index in [1.54, 1.807) is 0 Å². The van der Waals surface area contributed by atoms with Crippen molar-refractivity contribution >= 4 is 5.91 Å². The minimum absolute atomic E-state index is 0.143. The maximum Gasteiger partial charge on any atom is 0.235 e. The van der Waals surface area contributed by atoms with Crippen LogP contribution in [0.3, 0.4) is 0 Å². The van der Waals surface area contributed by atoms with Crippen molar-refractivity contribution in [2.24, 2.45) is 0 Å². The van der Waals surface area contributed by atoms with Crippen LogP contribution in [0.1, 0.15) is 20.3 Å². The molecule has 1 fully saturated rings. The molecule has 1 rings (SSSR count). The van der Waals surface area contributed by atoms with Crippen molar-refractivity contribution in [1.29, 1.82) is 0 Å². The second-order valence-electron chi connectivity index (χ2n) is 2.37. The SMILES string of the molecule is CCN1NC(=O)C[C@@H]1C. The van der Waals surface area contributed by atoms with Crippen LogP contribution in [0.25, 0.3) is 0 Å². The molecule has 1 N–H and O–H groups in total. The number of carbonyl (C=O) groups is 1. The predicted octanol–water partition coefficient (Wildman–Crippen LogP) is 0.132. The lowest BCUT2D eigenvalue weighted by molar-refractivity contribution is -0.120. The molecule has 0 aliphatic carbocycles. The van der Waals surface area contributed by atoms with Crippen molar-refractivity contribution in [2.45, 2.75) is 26.3 Å². The molecule has 0 aromatic heterocycles. The van der Waals surface area contributed by atoms with Gasteiger partial charge in [0.2, 0.25) is 5.91 Å². The van der Waals surface area contributed by atoms with Gasteiger partial charge in [-0.2, -0.15) is 0 Å². The number of nitrogens with zero attached hydrogens (tertiary/aromatic N) is 1. The average Bonchev–Trinajstić information content (AvgIpc) is 2.10. The van der Waals surface area contributed by atoms with E-state index in [4.69, 9.17) is 0 Å². The number of hydrazine groups is 1. The molecular weight excluding hydrogens is 116 g/mol. The van der Waals surface area contributed by atoms with E-state index in [9.17, 15) is 4.79 Å². The molecule has 1 saturated heterocycles. The molecule has 52 valence electrons. The van der Waals surface area contributed by atoms with Crippen molar-refractivity contribution in [3.05, 3.63) is 0 Å². The van der Waals surface area contributed by atoms with Gasteiger partial charge in [0.05, 0.1) is 0 Å². The first kappa shape index (κ1) is 6.55. The Morgan fingerprint density at radius 3 is 2.78 bits per heavy atom. The van der Waals surface area contributed by atoms with Gasteiger partial charge < -0.3 is 0 Å². The highest BCUT2D eigenvalue weighted by atomic mass is 16.2. The minimum atomic E-state index is 0.143. The van der Waals surface area contributed by atoms with Crippen LogP contribution < -0.4 is 5.43 Å². The van der Waals surface area contributed by atoms with Crippen LogP contribution in [0.4, 0.5) is 0 Å². The summed E-state index contributed by atoms with van der Waals surface area (Å²) in [6.45, 7) is 4.97. The van der Waals surface area contributed by atoms with Gasteiger partial charge in [0.25, 0.3) is 0 Å². The highest BCUT2D eigenvalue weighted by Gasteiger charge is 2.23. The molecule has 0 radical (unpaired) electrons. The van der Waals surface area contributed by atoms with Crippen LogP contribution in [0, 0.1) is 0 Å². The third-order valence-electron chi connectivity index (χ3n) is 1.62. The van der Waals surface area contributed by atoms with Crippen molar-refractivity contribution in [3.63, 3.8) is 0 Å². The largest absolute Gasteiger partial charge is 0.289 e. The van der Waals surface area contributed by atoms with Gasteiger partial charge in [-0.3, -0.25) is 10.2 Å². The Labute approximate surface area is 55.0 Å². The number of rotatable bonds is 1. The molecule has 1 amide bonds. The molecule has 1 atom stereocenters. The van der Waals surface area contributed by atoms with Crippen LogP contribution in [0.15, 0.2) is 0 Å². The number of carbonyl (C=O) groups excluding carboxylic acids is 1. The summed E-state index contributed by atoms with van der Waals surface area (Å²) in [6.07, 6.45) is 0.647. The summed E-state index contributed by atoms with van der Waals surface area (Å²) in [5, 5.41) is 1.95. The molecule has 1 heterocycles. The van der Waals surface area contributed by atoms with Crippen LogP contribution >= 0.6 is 0 Å². The lowest BCUT2D eigenvalue weighted by atomic mass is 10.2. The molecule has 0 spiro atoms. The molecule has 0 unspecified atom stereocenters. The summed E-state index contributed by atoms with van der Waals surface area (Å²) in [4.78, 5) is 10.7. The van der Waals surface area contributed by atoms with Gasteiger partial charge >= 0.3 is 0 Å². The smallest absolute Gasteiger partial charge is 0.235 e. The third-order valence-corrected chi connectivity index (χ3v) is 1.62. The lowest BCUT2D eigenvalue weighted by Gasteiger charge is -2.16. The third kappa shape index (κ3) is 1.21. The molecule has 0 bridgehead atoms. The van der Waals surface area contributed by atoms with Gasteiger partial charge in [-0.25, -0.2) is 5.01 Å². The van der Waals surface area contributed by atoms with E-state index in [1.165, 1.54) is 0 Å². The fourth-order valence-corrected chi connectivity index (χ4v) is 1.09. The summed E-state index contributed by atoms with van der Waals surface area (Å²) in [6, 6.07) is 0.377. The zero-order valence-electron chi connectivity index (χ0n) is 5.85. The number of nitrogens with one attached hydrogen (secondary N) is 1. The van der Waals surface area contributed by atoms with Crippen molar-refractivity contribution in [3.8, 4) is 0 Å². The molecule has 1 aliphatic rings. The van der Waals surface area contributed by atoms with Gasteiger partial charge in [0, 0.05) is 19.0 Å². The maximum atomic E-state index is 10.7. The van der Waals surface area contributed by atoms with Crippen LogP contribution in [0.2, 0.25) is 0 Å². The van der Waals surface area contributed by atoms with Crippen LogP contribution in [-0.4, -0.2) is 23.5 Å². The van der Waals surface area contributed by atoms with Gasteiger partial charge in [0.15, 0.2) is 0 Å². The topological polar surface area (TPSA) is 32.3 Å². The fraction of sp³-hybridized carbons (Fsp3) is 0.833. The Balaban J connectivity index is 2.47. The van der Waals surface area contributed by atoms with E-state index >= 15 is 0 Å². The molecule has 9 heavy (non-hydrogen) atoms. The fourth-order valence-electron chi connectivity index (χ4n) is 1.09. The van der Waals surface area contributed by atoms with Gasteiger partial charge in [-0.1, -0.05) is 6.92 Å². The quantitative estimate of drug-likeness (QED) is 0.544. The highest BCUT2D eigenvalue weighted by Crippen LogP contribution is 2.06. The van der Waals surface area contributed by atoms with Crippen LogP contribution in [0.5, 0.6) is 0 Å². The second-order valence-corrected chi connectivity index (χ2v) is 2.37. The van der Waals surface area contributed by atoms with E-state index in [2.05, 4.69) is 5.43 Å². The Hall–Kier alpha value is -0.570. The first-order valence-corrected chi connectivity index (χ1v) is 3.30. The second kappa shape index (κ2) is 2.35. The number of hydrogen-bond acceptors (Lipinski definition) is 2. The normalized spacial score (nSPS) is 28.7. The van der Waals surface area contributed by atoms with Gasteiger partial charge in [0.1, 0.15) is 0 Å².